The monoisotopic (exact) mass is 362 g/mol. The number of imide groups is 1. The predicted molar refractivity (Wildman–Crippen MR) is 91.5 cm³/mol. The summed E-state index contributed by atoms with van der Waals surface area (Å²) in [5.74, 6) is -1.23. The van der Waals surface area contributed by atoms with E-state index in [-0.39, 0.29) is 35.0 Å². The van der Waals surface area contributed by atoms with Crippen LogP contribution in [-0.4, -0.2) is 29.2 Å². The Hall–Kier alpha value is -2.37. The molecule has 0 unspecified atom stereocenters. The van der Waals surface area contributed by atoms with Crippen molar-refractivity contribution in [2.75, 3.05) is 11.9 Å². The molecule has 0 radical (unpaired) electrons. The van der Waals surface area contributed by atoms with Gasteiger partial charge in [-0.05, 0) is 30.3 Å². The van der Waals surface area contributed by atoms with Gasteiger partial charge in [-0.2, -0.15) is 0 Å². The number of rotatable bonds is 4. The van der Waals surface area contributed by atoms with Crippen LogP contribution in [-0.2, 0) is 4.79 Å². The van der Waals surface area contributed by atoms with Crippen LogP contribution >= 0.6 is 23.2 Å². The van der Waals surface area contributed by atoms with Crippen LogP contribution < -0.4 is 5.32 Å². The van der Waals surface area contributed by atoms with Crippen molar-refractivity contribution in [3.05, 3.63) is 63.6 Å². The zero-order valence-corrected chi connectivity index (χ0v) is 13.9. The minimum atomic E-state index is -0.476. The molecule has 0 aromatic heterocycles. The van der Waals surface area contributed by atoms with Gasteiger partial charge in [0, 0.05) is 23.7 Å². The van der Waals surface area contributed by atoms with Crippen LogP contribution in [0.3, 0.4) is 0 Å². The summed E-state index contributed by atoms with van der Waals surface area (Å²) in [4.78, 5) is 37.6. The minimum Gasteiger partial charge on any atom is -0.326 e. The lowest BCUT2D eigenvalue weighted by Gasteiger charge is -2.13. The molecule has 0 fully saturated rings. The van der Waals surface area contributed by atoms with Gasteiger partial charge in [0.25, 0.3) is 11.8 Å². The second kappa shape index (κ2) is 6.63. The molecular formula is C17H12Cl2N2O3. The molecule has 1 aliphatic rings. The first-order valence-electron chi connectivity index (χ1n) is 7.17. The fourth-order valence-electron chi connectivity index (χ4n) is 2.50. The molecule has 7 heteroatoms. The van der Waals surface area contributed by atoms with E-state index in [1.807, 2.05) is 0 Å². The Morgan fingerprint density at radius 1 is 1.04 bits per heavy atom. The minimum absolute atomic E-state index is 0.0183. The summed E-state index contributed by atoms with van der Waals surface area (Å²) in [6.07, 6.45) is -0.0183. The highest BCUT2D eigenvalue weighted by atomic mass is 35.5. The highest BCUT2D eigenvalue weighted by Crippen LogP contribution is 2.29. The first-order chi connectivity index (χ1) is 11.5. The maximum atomic E-state index is 12.3. The summed E-state index contributed by atoms with van der Waals surface area (Å²) in [6.45, 7) is -0.0188. The first kappa shape index (κ1) is 16.5. The summed E-state index contributed by atoms with van der Waals surface area (Å²) in [6, 6.07) is 11.4. The molecule has 3 rings (SSSR count). The van der Waals surface area contributed by atoms with Crippen molar-refractivity contribution in [3.63, 3.8) is 0 Å². The Bertz CT molecular complexity index is 851. The van der Waals surface area contributed by atoms with E-state index < -0.39 is 11.8 Å². The Kier molecular flexibility index (Phi) is 4.55. The highest BCUT2D eigenvalue weighted by Gasteiger charge is 2.36. The Balaban J connectivity index is 1.65. The fourth-order valence-corrected chi connectivity index (χ4v) is 2.94. The van der Waals surface area contributed by atoms with E-state index in [2.05, 4.69) is 5.32 Å². The van der Waals surface area contributed by atoms with E-state index in [0.29, 0.717) is 10.7 Å². The van der Waals surface area contributed by atoms with Gasteiger partial charge in [0.15, 0.2) is 0 Å². The number of benzene rings is 2. The van der Waals surface area contributed by atoms with E-state index in [0.717, 1.165) is 4.90 Å². The normalized spacial score (nSPS) is 13.2. The number of amides is 3. The topological polar surface area (TPSA) is 66.5 Å². The Morgan fingerprint density at radius 3 is 2.50 bits per heavy atom. The zero-order chi connectivity index (χ0) is 17.3. The zero-order valence-electron chi connectivity index (χ0n) is 12.4. The molecule has 0 saturated heterocycles. The van der Waals surface area contributed by atoms with E-state index >= 15 is 0 Å². The molecule has 2 aromatic rings. The van der Waals surface area contributed by atoms with E-state index in [9.17, 15) is 14.4 Å². The number of hydrogen-bond donors (Lipinski definition) is 1. The average molecular weight is 363 g/mol. The Labute approximate surface area is 148 Å². The third-order valence-corrected chi connectivity index (χ3v) is 4.17. The van der Waals surface area contributed by atoms with Crippen LogP contribution in [0.1, 0.15) is 27.1 Å². The lowest BCUT2D eigenvalue weighted by Crippen LogP contribution is -2.32. The summed E-state index contributed by atoms with van der Waals surface area (Å²) < 4.78 is 0. The second-order valence-corrected chi connectivity index (χ2v) is 6.08. The van der Waals surface area contributed by atoms with Gasteiger partial charge in [0.05, 0.1) is 16.1 Å². The molecule has 0 saturated carbocycles. The van der Waals surface area contributed by atoms with Crippen LogP contribution in [0.15, 0.2) is 42.5 Å². The summed E-state index contributed by atoms with van der Waals surface area (Å²) in [7, 11) is 0. The first-order valence-corrected chi connectivity index (χ1v) is 7.93. The quantitative estimate of drug-likeness (QED) is 0.844. The number of nitrogens with zero attached hydrogens (tertiary/aromatic N) is 1. The molecule has 0 aliphatic carbocycles. The van der Waals surface area contributed by atoms with Crippen LogP contribution in [0.5, 0.6) is 0 Å². The molecule has 1 N–H and O–H groups in total. The average Bonchev–Trinajstić information content (AvgIpc) is 2.78. The van der Waals surface area contributed by atoms with Crippen LogP contribution in [0.2, 0.25) is 10.0 Å². The molecule has 0 spiro atoms. The number of fused-ring (bicyclic) bond motifs is 1. The van der Waals surface area contributed by atoms with Crippen molar-refractivity contribution in [2.45, 2.75) is 6.42 Å². The molecule has 0 bridgehead atoms. The smallest absolute Gasteiger partial charge is 0.263 e. The van der Waals surface area contributed by atoms with Crippen molar-refractivity contribution >= 4 is 46.6 Å². The van der Waals surface area contributed by atoms with Gasteiger partial charge < -0.3 is 5.32 Å². The third kappa shape index (κ3) is 3.13. The van der Waals surface area contributed by atoms with Crippen molar-refractivity contribution in [1.82, 2.24) is 4.90 Å². The number of nitrogens with one attached hydrogen (secondary N) is 1. The molecule has 1 heterocycles. The van der Waals surface area contributed by atoms with E-state index in [1.54, 1.807) is 42.5 Å². The molecule has 3 amide bonds. The molecular weight excluding hydrogens is 351 g/mol. The summed E-state index contributed by atoms with van der Waals surface area (Å²) >= 11 is 11.8. The third-order valence-electron chi connectivity index (χ3n) is 3.62. The SMILES string of the molecule is O=C(CCN1C(=O)c2cccc(Cl)c2C1=O)Nc1cccc(Cl)c1. The largest absolute Gasteiger partial charge is 0.326 e. The van der Waals surface area contributed by atoms with Gasteiger partial charge in [-0.1, -0.05) is 35.3 Å². The van der Waals surface area contributed by atoms with Crippen molar-refractivity contribution in [2.24, 2.45) is 0 Å². The second-order valence-electron chi connectivity index (χ2n) is 5.23. The lowest BCUT2D eigenvalue weighted by atomic mass is 10.1. The van der Waals surface area contributed by atoms with Gasteiger partial charge >= 0.3 is 0 Å². The maximum absolute atomic E-state index is 12.3. The van der Waals surface area contributed by atoms with Crippen molar-refractivity contribution in [3.8, 4) is 0 Å². The van der Waals surface area contributed by atoms with Gasteiger partial charge in [-0.3, -0.25) is 19.3 Å². The maximum Gasteiger partial charge on any atom is 0.263 e. The molecule has 2 aromatic carbocycles. The predicted octanol–water partition coefficient (Wildman–Crippen LogP) is 3.62. The molecule has 24 heavy (non-hydrogen) atoms. The molecule has 122 valence electrons. The lowest BCUT2D eigenvalue weighted by molar-refractivity contribution is -0.116. The standard InChI is InChI=1S/C17H12Cl2N2O3/c18-10-3-1-4-11(9-10)20-14(22)7-8-21-16(23)12-5-2-6-13(19)15(12)17(21)24/h1-6,9H,7-8H2,(H,20,22). The number of halogens is 2. The summed E-state index contributed by atoms with van der Waals surface area (Å²) in [5, 5.41) is 3.41. The van der Waals surface area contributed by atoms with Gasteiger partial charge in [-0.25, -0.2) is 0 Å². The van der Waals surface area contributed by atoms with Crippen molar-refractivity contribution in [1.29, 1.82) is 0 Å². The molecule has 1 aliphatic heterocycles. The van der Waals surface area contributed by atoms with Crippen LogP contribution in [0.25, 0.3) is 0 Å². The fraction of sp³-hybridized carbons (Fsp3) is 0.118. The molecule has 0 atom stereocenters. The summed E-state index contributed by atoms with van der Waals surface area (Å²) in [5.41, 5.74) is 1.01. The van der Waals surface area contributed by atoms with Gasteiger partial charge in [-0.15, -0.1) is 0 Å². The van der Waals surface area contributed by atoms with E-state index in [1.165, 1.54) is 0 Å². The number of hydrogen-bond acceptors (Lipinski definition) is 3. The van der Waals surface area contributed by atoms with Crippen LogP contribution in [0.4, 0.5) is 5.69 Å². The van der Waals surface area contributed by atoms with Gasteiger partial charge in [0.2, 0.25) is 5.91 Å². The Morgan fingerprint density at radius 2 is 1.79 bits per heavy atom. The molecule has 5 nitrogen and oxygen atoms in total. The number of carbonyl (C=O) groups excluding carboxylic acids is 3. The van der Waals surface area contributed by atoms with Crippen LogP contribution in [0, 0.1) is 0 Å². The van der Waals surface area contributed by atoms with Gasteiger partial charge in [0.1, 0.15) is 0 Å². The highest BCUT2D eigenvalue weighted by molar-refractivity contribution is 6.37. The number of carbonyl (C=O) groups is 3. The number of anilines is 1. The van der Waals surface area contributed by atoms with Crippen molar-refractivity contribution < 1.29 is 14.4 Å². The van der Waals surface area contributed by atoms with E-state index in [4.69, 9.17) is 23.2 Å².